The normalized spacial score (nSPS) is 10.6. The van der Waals surface area contributed by atoms with Gasteiger partial charge < -0.3 is 11.1 Å². The maximum absolute atomic E-state index is 12.2. The van der Waals surface area contributed by atoms with Crippen molar-refractivity contribution in [1.82, 2.24) is 25.1 Å². The van der Waals surface area contributed by atoms with E-state index in [0.29, 0.717) is 18.7 Å². The van der Waals surface area contributed by atoms with Gasteiger partial charge in [0.2, 0.25) is 0 Å². The van der Waals surface area contributed by atoms with Crippen molar-refractivity contribution in [1.29, 1.82) is 0 Å². The number of hydrogen-bond donors (Lipinski definition) is 2. The molecule has 0 unspecified atom stereocenters. The molecule has 0 aliphatic rings. The molecule has 21 heavy (non-hydrogen) atoms. The van der Waals surface area contributed by atoms with E-state index in [0.717, 1.165) is 30.0 Å². The van der Waals surface area contributed by atoms with Gasteiger partial charge in [-0.2, -0.15) is 5.10 Å². The van der Waals surface area contributed by atoms with Gasteiger partial charge in [0.05, 0.1) is 35.9 Å². The summed E-state index contributed by atoms with van der Waals surface area (Å²) in [5.74, 6) is -0.158. The highest BCUT2D eigenvalue weighted by molar-refractivity contribution is 5.94. The van der Waals surface area contributed by atoms with Gasteiger partial charge >= 0.3 is 0 Å². The van der Waals surface area contributed by atoms with Crippen molar-refractivity contribution in [2.75, 3.05) is 6.54 Å². The molecule has 2 rings (SSSR count). The highest BCUT2D eigenvalue weighted by atomic mass is 16.1. The standard InChI is InChI=1S/C14H20N6O/c1-10-6-17-12(7-16-10)8-18-14(21)13-9-19-20(11(13)2)5-3-4-15/h6-7,9H,3-5,8,15H2,1-2H3,(H,18,21). The second-order valence-electron chi connectivity index (χ2n) is 4.84. The van der Waals surface area contributed by atoms with E-state index in [4.69, 9.17) is 5.73 Å². The van der Waals surface area contributed by atoms with Gasteiger partial charge in [0.15, 0.2) is 0 Å². The monoisotopic (exact) mass is 288 g/mol. The fourth-order valence-electron chi connectivity index (χ4n) is 1.91. The Bertz CT molecular complexity index is 604. The first-order valence-corrected chi connectivity index (χ1v) is 6.90. The molecule has 3 N–H and O–H groups in total. The van der Waals surface area contributed by atoms with Crippen LogP contribution >= 0.6 is 0 Å². The van der Waals surface area contributed by atoms with Crippen LogP contribution in [-0.4, -0.2) is 32.2 Å². The number of aromatic nitrogens is 4. The zero-order chi connectivity index (χ0) is 15.2. The molecule has 0 spiro atoms. The van der Waals surface area contributed by atoms with Crippen LogP contribution in [0.1, 0.15) is 33.9 Å². The van der Waals surface area contributed by atoms with Crippen LogP contribution in [0, 0.1) is 13.8 Å². The van der Waals surface area contributed by atoms with E-state index in [1.165, 1.54) is 0 Å². The molecule has 0 aromatic carbocycles. The summed E-state index contributed by atoms with van der Waals surface area (Å²) in [5, 5.41) is 7.04. The maximum Gasteiger partial charge on any atom is 0.255 e. The van der Waals surface area contributed by atoms with Crippen LogP contribution in [0.15, 0.2) is 18.6 Å². The van der Waals surface area contributed by atoms with Crippen LogP contribution in [0.2, 0.25) is 0 Å². The molecule has 0 saturated heterocycles. The van der Waals surface area contributed by atoms with E-state index in [9.17, 15) is 4.79 Å². The van der Waals surface area contributed by atoms with Gasteiger partial charge in [0.25, 0.3) is 5.91 Å². The van der Waals surface area contributed by atoms with E-state index in [1.54, 1.807) is 23.3 Å². The first-order valence-electron chi connectivity index (χ1n) is 6.90. The van der Waals surface area contributed by atoms with Gasteiger partial charge in [0.1, 0.15) is 0 Å². The van der Waals surface area contributed by atoms with Crippen molar-refractivity contribution in [2.45, 2.75) is 33.4 Å². The van der Waals surface area contributed by atoms with Crippen molar-refractivity contribution in [3.63, 3.8) is 0 Å². The molecule has 0 saturated carbocycles. The Hall–Kier alpha value is -2.28. The Morgan fingerprint density at radius 3 is 2.76 bits per heavy atom. The zero-order valence-corrected chi connectivity index (χ0v) is 12.3. The second-order valence-corrected chi connectivity index (χ2v) is 4.84. The smallest absolute Gasteiger partial charge is 0.255 e. The highest BCUT2D eigenvalue weighted by Crippen LogP contribution is 2.08. The van der Waals surface area contributed by atoms with Gasteiger partial charge in [-0.3, -0.25) is 19.4 Å². The van der Waals surface area contributed by atoms with E-state index in [-0.39, 0.29) is 5.91 Å². The highest BCUT2D eigenvalue weighted by Gasteiger charge is 2.13. The van der Waals surface area contributed by atoms with Crippen molar-refractivity contribution >= 4 is 5.91 Å². The fraction of sp³-hybridized carbons (Fsp3) is 0.429. The number of aryl methyl sites for hydroxylation is 2. The third-order valence-corrected chi connectivity index (χ3v) is 3.19. The first-order chi connectivity index (χ1) is 10.1. The predicted molar refractivity (Wildman–Crippen MR) is 78.6 cm³/mol. The van der Waals surface area contributed by atoms with Crippen LogP contribution < -0.4 is 11.1 Å². The van der Waals surface area contributed by atoms with Crippen LogP contribution in [-0.2, 0) is 13.1 Å². The van der Waals surface area contributed by atoms with Crippen LogP contribution in [0.3, 0.4) is 0 Å². The Morgan fingerprint density at radius 2 is 2.10 bits per heavy atom. The summed E-state index contributed by atoms with van der Waals surface area (Å²) in [6, 6.07) is 0. The van der Waals surface area contributed by atoms with Gasteiger partial charge in [-0.05, 0) is 26.8 Å². The molecule has 0 bridgehead atoms. The minimum atomic E-state index is -0.158. The summed E-state index contributed by atoms with van der Waals surface area (Å²) < 4.78 is 1.80. The summed E-state index contributed by atoms with van der Waals surface area (Å²) >= 11 is 0. The molecule has 0 atom stereocenters. The topological polar surface area (TPSA) is 98.7 Å². The van der Waals surface area contributed by atoms with Gasteiger partial charge in [-0.1, -0.05) is 0 Å². The average Bonchev–Trinajstić information content (AvgIpc) is 2.85. The zero-order valence-electron chi connectivity index (χ0n) is 12.3. The molecule has 7 nitrogen and oxygen atoms in total. The Balaban J connectivity index is 1.97. The summed E-state index contributed by atoms with van der Waals surface area (Å²) in [7, 11) is 0. The third kappa shape index (κ3) is 3.85. The molecule has 112 valence electrons. The lowest BCUT2D eigenvalue weighted by Crippen LogP contribution is -2.24. The van der Waals surface area contributed by atoms with Crippen LogP contribution in [0.5, 0.6) is 0 Å². The number of hydrogen-bond acceptors (Lipinski definition) is 5. The molecule has 0 radical (unpaired) electrons. The largest absolute Gasteiger partial charge is 0.346 e. The van der Waals surface area contributed by atoms with Gasteiger partial charge in [-0.15, -0.1) is 0 Å². The summed E-state index contributed by atoms with van der Waals surface area (Å²) in [5.41, 5.74) is 8.48. The summed E-state index contributed by atoms with van der Waals surface area (Å²) in [6.07, 6.45) is 5.76. The number of amides is 1. The number of nitrogens with zero attached hydrogens (tertiary/aromatic N) is 4. The molecule has 2 aromatic rings. The Labute approximate surface area is 123 Å². The van der Waals surface area contributed by atoms with Gasteiger partial charge in [0, 0.05) is 18.4 Å². The lowest BCUT2D eigenvalue weighted by atomic mass is 10.2. The quantitative estimate of drug-likeness (QED) is 0.809. The molecule has 1 amide bonds. The summed E-state index contributed by atoms with van der Waals surface area (Å²) in [6.45, 7) is 5.42. The van der Waals surface area contributed by atoms with Gasteiger partial charge in [-0.25, -0.2) is 0 Å². The molecule has 0 aliphatic heterocycles. The lowest BCUT2D eigenvalue weighted by Gasteiger charge is -2.06. The third-order valence-electron chi connectivity index (χ3n) is 3.19. The molecular weight excluding hydrogens is 268 g/mol. The first kappa shape index (κ1) is 15.1. The summed E-state index contributed by atoms with van der Waals surface area (Å²) in [4.78, 5) is 20.5. The number of nitrogens with two attached hydrogens (primary N) is 1. The minimum Gasteiger partial charge on any atom is -0.346 e. The molecule has 0 fully saturated rings. The lowest BCUT2D eigenvalue weighted by molar-refractivity contribution is 0.0949. The van der Waals surface area contributed by atoms with Crippen LogP contribution in [0.25, 0.3) is 0 Å². The number of rotatable bonds is 6. The number of carbonyl (C=O) groups is 1. The van der Waals surface area contributed by atoms with Crippen molar-refractivity contribution in [3.05, 3.63) is 41.2 Å². The Morgan fingerprint density at radius 1 is 1.29 bits per heavy atom. The molecule has 7 heteroatoms. The van der Waals surface area contributed by atoms with Crippen molar-refractivity contribution in [2.24, 2.45) is 5.73 Å². The maximum atomic E-state index is 12.2. The molecule has 2 aromatic heterocycles. The fourth-order valence-corrected chi connectivity index (χ4v) is 1.91. The molecule has 0 aliphatic carbocycles. The van der Waals surface area contributed by atoms with Crippen molar-refractivity contribution < 1.29 is 4.79 Å². The minimum absolute atomic E-state index is 0.158. The van der Waals surface area contributed by atoms with E-state index in [2.05, 4.69) is 20.4 Å². The number of carbonyl (C=O) groups excluding carboxylic acids is 1. The predicted octanol–water partition coefficient (Wildman–Crippen LogP) is 0.569. The van der Waals surface area contributed by atoms with Crippen molar-refractivity contribution in [3.8, 4) is 0 Å². The van der Waals surface area contributed by atoms with E-state index < -0.39 is 0 Å². The molecular formula is C14H20N6O. The molecule has 2 heterocycles. The SMILES string of the molecule is Cc1cnc(CNC(=O)c2cnn(CCCN)c2C)cn1. The van der Waals surface area contributed by atoms with E-state index >= 15 is 0 Å². The second kappa shape index (κ2) is 6.94. The average molecular weight is 288 g/mol. The Kier molecular flexibility index (Phi) is 4.99. The van der Waals surface area contributed by atoms with E-state index in [1.807, 2.05) is 13.8 Å². The van der Waals surface area contributed by atoms with Crippen LogP contribution in [0.4, 0.5) is 0 Å². The number of nitrogens with one attached hydrogen (secondary N) is 1.